The molecule has 0 amide bonds. The molecule has 2 N–H and O–H groups in total. The quantitative estimate of drug-likeness (QED) is 0.651. The summed E-state index contributed by atoms with van der Waals surface area (Å²) >= 11 is 0. The third kappa shape index (κ3) is 4.52. The van der Waals surface area contributed by atoms with Crippen LogP contribution in [0.2, 0.25) is 0 Å². The number of carbonyl (C=O) groups excluding carboxylic acids is 1. The molecule has 1 heterocycles. The van der Waals surface area contributed by atoms with E-state index in [0.29, 0.717) is 29.5 Å². The van der Waals surface area contributed by atoms with Crippen LogP contribution < -0.4 is 15.6 Å². The van der Waals surface area contributed by atoms with Gasteiger partial charge in [0.15, 0.2) is 0 Å². The Kier molecular flexibility index (Phi) is 5.51. The van der Waals surface area contributed by atoms with Gasteiger partial charge in [0, 0.05) is 17.3 Å². The van der Waals surface area contributed by atoms with E-state index in [0.717, 1.165) is 11.3 Å². The summed E-state index contributed by atoms with van der Waals surface area (Å²) in [5, 5.41) is 3.03. The van der Waals surface area contributed by atoms with Gasteiger partial charge >= 0.3 is 5.97 Å². The van der Waals surface area contributed by atoms with Gasteiger partial charge in [-0.3, -0.25) is 9.78 Å². The number of aromatic amines is 1. The number of rotatable bonds is 6. The topological polar surface area (TPSA) is 93.3 Å². The summed E-state index contributed by atoms with van der Waals surface area (Å²) in [7, 11) is 1.59. The van der Waals surface area contributed by atoms with Crippen molar-refractivity contribution >= 4 is 17.6 Å². The Morgan fingerprint density at radius 1 is 1.11 bits per heavy atom. The third-order valence-corrected chi connectivity index (χ3v) is 3.79. The zero-order valence-corrected chi connectivity index (χ0v) is 15.0. The number of anilines is 2. The molecule has 0 saturated carbocycles. The summed E-state index contributed by atoms with van der Waals surface area (Å²) in [6.45, 7) is 2.08. The highest BCUT2D eigenvalue weighted by molar-refractivity contribution is 5.89. The number of benzene rings is 2. The van der Waals surface area contributed by atoms with Crippen LogP contribution in [0.1, 0.15) is 17.3 Å². The molecule has 0 saturated heterocycles. The smallest absolute Gasteiger partial charge is 0.338 e. The van der Waals surface area contributed by atoms with Crippen LogP contribution in [-0.4, -0.2) is 29.7 Å². The standard InChI is InChI=1S/C20H19N3O4/c1-3-27-19(25)14-4-8-15(9-5-14)21-20-22-17(12-18(24)23-20)13-6-10-16(26-2)11-7-13/h4-12H,3H2,1-2H3,(H2,21,22,23,24). The number of carbonyl (C=O) groups is 1. The van der Waals surface area contributed by atoms with Gasteiger partial charge in [-0.25, -0.2) is 9.78 Å². The molecule has 0 fully saturated rings. The number of H-pyrrole nitrogens is 1. The molecule has 2 aromatic carbocycles. The Balaban J connectivity index is 1.82. The maximum atomic E-state index is 12.0. The van der Waals surface area contributed by atoms with Crippen LogP contribution in [0.3, 0.4) is 0 Å². The number of hydrogen-bond acceptors (Lipinski definition) is 6. The molecule has 0 aliphatic carbocycles. The number of methoxy groups -OCH3 is 1. The first-order valence-electron chi connectivity index (χ1n) is 8.39. The normalized spacial score (nSPS) is 10.3. The van der Waals surface area contributed by atoms with Crippen molar-refractivity contribution in [3.8, 4) is 17.0 Å². The number of aromatic nitrogens is 2. The zero-order valence-electron chi connectivity index (χ0n) is 15.0. The summed E-state index contributed by atoms with van der Waals surface area (Å²) in [5.74, 6) is 0.651. The fourth-order valence-corrected chi connectivity index (χ4v) is 2.47. The van der Waals surface area contributed by atoms with E-state index in [2.05, 4.69) is 15.3 Å². The molecule has 7 heteroatoms. The van der Waals surface area contributed by atoms with Crippen LogP contribution in [0, 0.1) is 0 Å². The maximum Gasteiger partial charge on any atom is 0.338 e. The lowest BCUT2D eigenvalue weighted by Gasteiger charge is -2.08. The first-order chi connectivity index (χ1) is 13.1. The highest BCUT2D eigenvalue weighted by atomic mass is 16.5. The second-order valence-electron chi connectivity index (χ2n) is 5.63. The van der Waals surface area contributed by atoms with Crippen molar-refractivity contribution in [2.45, 2.75) is 6.92 Å². The Morgan fingerprint density at radius 2 is 1.81 bits per heavy atom. The number of esters is 1. The van der Waals surface area contributed by atoms with Crippen molar-refractivity contribution in [3.63, 3.8) is 0 Å². The van der Waals surface area contributed by atoms with Gasteiger partial charge in [-0.05, 0) is 55.5 Å². The first kappa shape index (κ1) is 18.2. The fourth-order valence-electron chi connectivity index (χ4n) is 2.47. The highest BCUT2D eigenvalue weighted by Crippen LogP contribution is 2.21. The van der Waals surface area contributed by atoms with Gasteiger partial charge in [0.05, 0.1) is 25.0 Å². The molecule has 138 valence electrons. The Bertz CT molecular complexity index is 979. The van der Waals surface area contributed by atoms with Gasteiger partial charge in [0.2, 0.25) is 5.95 Å². The molecule has 0 aliphatic heterocycles. The molecule has 0 spiro atoms. The second-order valence-corrected chi connectivity index (χ2v) is 5.63. The molecular formula is C20H19N3O4. The Hall–Kier alpha value is -3.61. The average molecular weight is 365 g/mol. The van der Waals surface area contributed by atoms with Gasteiger partial charge < -0.3 is 14.8 Å². The molecule has 7 nitrogen and oxygen atoms in total. The van der Waals surface area contributed by atoms with Gasteiger partial charge in [-0.2, -0.15) is 0 Å². The van der Waals surface area contributed by atoms with Crippen molar-refractivity contribution < 1.29 is 14.3 Å². The second kappa shape index (κ2) is 8.18. The van der Waals surface area contributed by atoms with Crippen LogP contribution in [0.5, 0.6) is 5.75 Å². The fraction of sp³-hybridized carbons (Fsp3) is 0.150. The molecule has 0 atom stereocenters. The van der Waals surface area contributed by atoms with E-state index in [1.54, 1.807) is 50.4 Å². The minimum atomic E-state index is -0.378. The summed E-state index contributed by atoms with van der Waals surface area (Å²) in [5.41, 5.74) is 2.19. The predicted octanol–water partition coefficient (Wildman–Crippen LogP) is 3.37. The van der Waals surface area contributed by atoms with E-state index in [-0.39, 0.29) is 11.5 Å². The molecule has 3 aromatic rings. The summed E-state index contributed by atoms with van der Waals surface area (Å²) in [6, 6.07) is 15.4. The van der Waals surface area contributed by atoms with E-state index >= 15 is 0 Å². The SMILES string of the molecule is CCOC(=O)c1ccc(Nc2nc(-c3ccc(OC)cc3)cc(=O)[nH]2)cc1. The number of ether oxygens (including phenoxy) is 2. The van der Waals surface area contributed by atoms with E-state index in [4.69, 9.17) is 9.47 Å². The average Bonchev–Trinajstić information content (AvgIpc) is 2.68. The predicted molar refractivity (Wildman–Crippen MR) is 103 cm³/mol. The minimum Gasteiger partial charge on any atom is -0.497 e. The van der Waals surface area contributed by atoms with Crippen LogP contribution in [0.25, 0.3) is 11.3 Å². The maximum absolute atomic E-state index is 12.0. The molecule has 0 radical (unpaired) electrons. The number of nitrogens with one attached hydrogen (secondary N) is 2. The van der Waals surface area contributed by atoms with Crippen molar-refractivity contribution in [2.24, 2.45) is 0 Å². The monoisotopic (exact) mass is 365 g/mol. The van der Waals surface area contributed by atoms with Crippen molar-refractivity contribution in [1.29, 1.82) is 0 Å². The molecule has 3 rings (SSSR count). The Morgan fingerprint density at radius 3 is 2.44 bits per heavy atom. The van der Waals surface area contributed by atoms with Gasteiger partial charge in [0.25, 0.3) is 5.56 Å². The van der Waals surface area contributed by atoms with E-state index in [1.807, 2.05) is 12.1 Å². The Labute approximate surface area is 156 Å². The van der Waals surface area contributed by atoms with Crippen molar-refractivity contribution in [2.75, 3.05) is 19.0 Å². The lowest BCUT2D eigenvalue weighted by Crippen LogP contribution is -2.10. The molecular weight excluding hydrogens is 346 g/mol. The van der Waals surface area contributed by atoms with Gasteiger partial charge in [0.1, 0.15) is 5.75 Å². The molecule has 0 unspecified atom stereocenters. The summed E-state index contributed by atoms with van der Waals surface area (Å²) in [4.78, 5) is 30.8. The number of nitrogens with zero attached hydrogens (tertiary/aromatic N) is 1. The van der Waals surface area contributed by atoms with E-state index < -0.39 is 0 Å². The lowest BCUT2D eigenvalue weighted by atomic mass is 10.1. The van der Waals surface area contributed by atoms with Crippen molar-refractivity contribution in [1.82, 2.24) is 9.97 Å². The minimum absolute atomic E-state index is 0.276. The number of hydrogen-bond donors (Lipinski definition) is 2. The largest absolute Gasteiger partial charge is 0.497 e. The van der Waals surface area contributed by atoms with Crippen LogP contribution in [0.4, 0.5) is 11.6 Å². The van der Waals surface area contributed by atoms with Crippen LogP contribution >= 0.6 is 0 Å². The molecule has 0 bridgehead atoms. The summed E-state index contributed by atoms with van der Waals surface area (Å²) < 4.78 is 10.1. The van der Waals surface area contributed by atoms with E-state index in [9.17, 15) is 9.59 Å². The lowest BCUT2D eigenvalue weighted by molar-refractivity contribution is 0.0526. The molecule has 1 aromatic heterocycles. The first-order valence-corrected chi connectivity index (χ1v) is 8.39. The zero-order chi connectivity index (χ0) is 19.2. The molecule has 27 heavy (non-hydrogen) atoms. The van der Waals surface area contributed by atoms with Crippen LogP contribution in [0.15, 0.2) is 59.4 Å². The van der Waals surface area contributed by atoms with E-state index in [1.165, 1.54) is 6.07 Å². The van der Waals surface area contributed by atoms with Crippen molar-refractivity contribution in [3.05, 3.63) is 70.5 Å². The summed E-state index contributed by atoms with van der Waals surface area (Å²) in [6.07, 6.45) is 0. The molecule has 0 aliphatic rings. The third-order valence-electron chi connectivity index (χ3n) is 3.79. The van der Waals surface area contributed by atoms with Gasteiger partial charge in [-0.1, -0.05) is 0 Å². The highest BCUT2D eigenvalue weighted by Gasteiger charge is 2.08. The van der Waals surface area contributed by atoms with Gasteiger partial charge in [-0.15, -0.1) is 0 Å². The van der Waals surface area contributed by atoms with Crippen LogP contribution in [-0.2, 0) is 4.74 Å².